The van der Waals surface area contributed by atoms with Crippen LogP contribution in [-0.4, -0.2) is 34.2 Å². The van der Waals surface area contributed by atoms with E-state index < -0.39 is 4.92 Å². The normalized spacial score (nSPS) is 15.9. The minimum atomic E-state index is -0.506. The summed E-state index contributed by atoms with van der Waals surface area (Å²) < 4.78 is 11.1. The molecule has 1 aromatic carbocycles. The number of rotatable bonds is 5. The second-order valence-electron chi connectivity index (χ2n) is 6.20. The van der Waals surface area contributed by atoms with Crippen LogP contribution in [0.4, 0.5) is 17.2 Å². The van der Waals surface area contributed by atoms with Crippen LogP contribution < -0.4 is 10.1 Å². The van der Waals surface area contributed by atoms with Gasteiger partial charge in [0.05, 0.1) is 34.9 Å². The number of pyridine rings is 2. The van der Waals surface area contributed by atoms with Gasteiger partial charge in [0.2, 0.25) is 0 Å². The third-order valence-electron chi connectivity index (χ3n) is 4.37. The van der Waals surface area contributed by atoms with E-state index in [0.717, 1.165) is 0 Å². The van der Waals surface area contributed by atoms with Crippen molar-refractivity contribution in [2.75, 3.05) is 18.5 Å². The van der Waals surface area contributed by atoms with Gasteiger partial charge in [-0.1, -0.05) is 6.07 Å². The molecule has 0 saturated carbocycles. The molecule has 4 rings (SSSR count). The summed E-state index contributed by atoms with van der Waals surface area (Å²) in [4.78, 5) is 19.6. The molecule has 0 spiro atoms. The summed E-state index contributed by atoms with van der Waals surface area (Å²) in [6.45, 7) is 0.955. The minimum absolute atomic E-state index is 0.133. The molecule has 140 valence electrons. The van der Waals surface area contributed by atoms with Crippen LogP contribution in [0.3, 0.4) is 0 Å². The molecule has 2 aromatic heterocycles. The van der Waals surface area contributed by atoms with Crippen molar-refractivity contribution in [3.8, 4) is 11.8 Å². The van der Waals surface area contributed by atoms with Gasteiger partial charge in [-0.2, -0.15) is 5.26 Å². The molecule has 0 amide bonds. The molecule has 1 atom stereocenters. The van der Waals surface area contributed by atoms with Crippen LogP contribution in [0.2, 0.25) is 0 Å². The van der Waals surface area contributed by atoms with Crippen LogP contribution in [0.1, 0.15) is 12.0 Å². The topological polar surface area (TPSA) is 123 Å². The Morgan fingerprint density at radius 3 is 2.93 bits per heavy atom. The molecule has 9 heteroatoms. The number of nitrogens with zero attached hydrogens (tertiary/aromatic N) is 4. The van der Waals surface area contributed by atoms with Crippen molar-refractivity contribution in [1.29, 1.82) is 5.26 Å². The van der Waals surface area contributed by atoms with Crippen LogP contribution in [0.5, 0.6) is 5.75 Å². The van der Waals surface area contributed by atoms with Gasteiger partial charge in [0.25, 0.3) is 0 Å². The van der Waals surface area contributed by atoms with E-state index in [0.29, 0.717) is 42.0 Å². The highest BCUT2D eigenvalue weighted by atomic mass is 16.6. The van der Waals surface area contributed by atoms with E-state index in [2.05, 4.69) is 21.4 Å². The Labute approximate surface area is 159 Å². The maximum atomic E-state index is 11.6. The van der Waals surface area contributed by atoms with Gasteiger partial charge in [0.1, 0.15) is 18.0 Å². The average Bonchev–Trinajstić information content (AvgIpc) is 3.21. The van der Waals surface area contributed by atoms with E-state index in [4.69, 9.17) is 9.47 Å². The fourth-order valence-corrected chi connectivity index (χ4v) is 3.02. The summed E-state index contributed by atoms with van der Waals surface area (Å²) in [6.07, 6.45) is 3.46. The van der Waals surface area contributed by atoms with E-state index in [1.165, 1.54) is 18.3 Å². The molecular formula is C19H15N5O4. The molecule has 3 aromatic rings. The Hall–Kier alpha value is -3.77. The van der Waals surface area contributed by atoms with Crippen molar-refractivity contribution in [1.82, 2.24) is 9.97 Å². The van der Waals surface area contributed by atoms with Crippen LogP contribution in [0.25, 0.3) is 10.9 Å². The Kier molecular flexibility index (Phi) is 4.70. The number of hydrogen-bond donors (Lipinski definition) is 1. The van der Waals surface area contributed by atoms with Gasteiger partial charge < -0.3 is 14.8 Å². The van der Waals surface area contributed by atoms with Crippen molar-refractivity contribution < 1.29 is 14.4 Å². The molecular weight excluding hydrogens is 362 g/mol. The Morgan fingerprint density at radius 2 is 2.25 bits per heavy atom. The smallest absolute Gasteiger partial charge is 0.311 e. The number of aromatic nitrogens is 2. The summed E-state index contributed by atoms with van der Waals surface area (Å²) in [5, 5.41) is 24.6. The van der Waals surface area contributed by atoms with Crippen molar-refractivity contribution in [3.63, 3.8) is 0 Å². The zero-order valence-corrected chi connectivity index (χ0v) is 14.7. The molecule has 1 unspecified atom stereocenters. The van der Waals surface area contributed by atoms with Crippen molar-refractivity contribution >= 4 is 28.1 Å². The van der Waals surface area contributed by atoms with Crippen molar-refractivity contribution in [2.45, 2.75) is 12.5 Å². The number of nitro benzene ring substituents is 1. The fourth-order valence-electron chi connectivity index (χ4n) is 3.02. The minimum Gasteiger partial charge on any atom is -0.481 e. The molecule has 1 N–H and O–H groups in total. The van der Waals surface area contributed by atoms with Crippen LogP contribution in [-0.2, 0) is 4.74 Å². The zero-order valence-electron chi connectivity index (χ0n) is 14.7. The predicted molar refractivity (Wildman–Crippen MR) is 100 cm³/mol. The molecule has 1 saturated heterocycles. The molecule has 0 aliphatic carbocycles. The van der Waals surface area contributed by atoms with Gasteiger partial charge in [0.15, 0.2) is 5.75 Å². The van der Waals surface area contributed by atoms with Gasteiger partial charge in [0, 0.05) is 36.3 Å². The highest BCUT2D eigenvalue weighted by molar-refractivity contribution is 5.98. The first-order chi connectivity index (χ1) is 13.7. The van der Waals surface area contributed by atoms with Gasteiger partial charge in [-0.3, -0.25) is 15.1 Å². The van der Waals surface area contributed by atoms with Gasteiger partial charge in [-0.25, -0.2) is 4.98 Å². The number of nitro groups is 1. The lowest BCUT2D eigenvalue weighted by molar-refractivity contribution is -0.385. The monoisotopic (exact) mass is 377 g/mol. The number of fused-ring (bicyclic) bond motifs is 1. The number of nitriles is 1. The van der Waals surface area contributed by atoms with E-state index in [9.17, 15) is 15.4 Å². The molecule has 9 nitrogen and oxygen atoms in total. The second kappa shape index (κ2) is 7.46. The third kappa shape index (κ3) is 3.41. The summed E-state index contributed by atoms with van der Waals surface area (Å²) in [5.41, 5.74) is 0.938. The Bertz CT molecular complexity index is 1080. The molecule has 28 heavy (non-hydrogen) atoms. The highest BCUT2D eigenvalue weighted by Gasteiger charge is 2.25. The van der Waals surface area contributed by atoms with Gasteiger partial charge in [-0.15, -0.1) is 0 Å². The van der Waals surface area contributed by atoms with Crippen LogP contribution in [0, 0.1) is 21.4 Å². The Balaban J connectivity index is 1.84. The second-order valence-corrected chi connectivity index (χ2v) is 6.20. The first-order valence-electron chi connectivity index (χ1n) is 8.59. The molecule has 0 radical (unpaired) electrons. The highest BCUT2D eigenvalue weighted by Crippen LogP contribution is 2.37. The summed E-state index contributed by atoms with van der Waals surface area (Å²) in [7, 11) is 0. The first-order valence-corrected chi connectivity index (χ1v) is 8.59. The van der Waals surface area contributed by atoms with Gasteiger partial charge >= 0.3 is 5.69 Å². The number of hydrogen-bond acceptors (Lipinski definition) is 8. The summed E-state index contributed by atoms with van der Waals surface area (Å²) in [5.74, 6) is 0.645. The molecule has 0 bridgehead atoms. The van der Waals surface area contributed by atoms with Crippen LogP contribution in [0.15, 0.2) is 42.7 Å². The van der Waals surface area contributed by atoms with E-state index in [1.54, 1.807) is 24.4 Å². The predicted octanol–water partition coefficient (Wildman–Crippen LogP) is 3.32. The maximum Gasteiger partial charge on any atom is 0.311 e. The number of benzene rings is 1. The first kappa shape index (κ1) is 17.6. The lowest BCUT2D eigenvalue weighted by Gasteiger charge is -2.14. The van der Waals surface area contributed by atoms with Crippen LogP contribution >= 0.6 is 0 Å². The van der Waals surface area contributed by atoms with Crippen molar-refractivity contribution in [3.05, 3.63) is 58.4 Å². The standard InChI is InChI=1S/C19H15N5O4/c20-9-12-10-22-15-8-17(28-13-4-6-27-11-13)16(24(25)26)7-14(15)19(12)23-18-3-1-2-5-21-18/h1-3,5,7-8,10,13H,4,6,11H2,(H,21,22,23). The van der Waals surface area contributed by atoms with Crippen molar-refractivity contribution in [2.24, 2.45) is 0 Å². The largest absolute Gasteiger partial charge is 0.481 e. The van der Waals surface area contributed by atoms with E-state index in [1.807, 2.05) is 0 Å². The lowest BCUT2D eigenvalue weighted by atomic mass is 10.1. The average molecular weight is 377 g/mol. The van der Waals surface area contributed by atoms with E-state index in [-0.39, 0.29) is 23.1 Å². The number of nitrogens with one attached hydrogen (secondary N) is 1. The molecule has 3 heterocycles. The third-order valence-corrected chi connectivity index (χ3v) is 4.37. The van der Waals surface area contributed by atoms with E-state index >= 15 is 0 Å². The number of anilines is 2. The Morgan fingerprint density at radius 1 is 1.36 bits per heavy atom. The molecule has 1 fully saturated rings. The summed E-state index contributed by atoms with van der Waals surface area (Å²) >= 11 is 0. The van der Waals surface area contributed by atoms with Gasteiger partial charge in [-0.05, 0) is 12.1 Å². The molecule has 1 aliphatic heterocycles. The number of ether oxygens (including phenoxy) is 2. The summed E-state index contributed by atoms with van der Waals surface area (Å²) in [6, 6.07) is 10.3. The SMILES string of the molecule is N#Cc1cnc2cc(OC3CCOC3)c([N+](=O)[O-])cc2c1Nc1ccccn1. The quantitative estimate of drug-likeness (QED) is 0.530. The molecule has 1 aliphatic rings. The lowest BCUT2D eigenvalue weighted by Crippen LogP contribution is -2.16. The maximum absolute atomic E-state index is 11.6. The zero-order chi connectivity index (χ0) is 19.5. The fraction of sp³-hybridized carbons (Fsp3) is 0.211.